The van der Waals surface area contributed by atoms with Crippen LogP contribution in [-0.2, 0) is 21.2 Å². The molecule has 6 nitrogen and oxygen atoms in total. The van der Waals surface area contributed by atoms with Gasteiger partial charge in [0.15, 0.2) is 0 Å². The van der Waals surface area contributed by atoms with Crippen LogP contribution >= 0.6 is 0 Å². The van der Waals surface area contributed by atoms with Crippen LogP contribution in [0.1, 0.15) is 32.3 Å². The second-order valence-corrected chi connectivity index (χ2v) is 7.82. The fourth-order valence-electron chi connectivity index (χ4n) is 3.06. The van der Waals surface area contributed by atoms with Crippen LogP contribution in [0.5, 0.6) is 0 Å². The van der Waals surface area contributed by atoms with Crippen molar-refractivity contribution in [2.75, 3.05) is 38.1 Å². The molecule has 0 radical (unpaired) electrons. The van der Waals surface area contributed by atoms with Crippen LogP contribution < -0.4 is 10.2 Å². The van der Waals surface area contributed by atoms with E-state index >= 15 is 0 Å². The first-order chi connectivity index (χ1) is 11.5. The number of nitrogens with zero attached hydrogens (tertiary/aromatic N) is 2. The normalized spacial score (nSPS) is 14.2. The Kier molecular flexibility index (Phi) is 6.37. The Morgan fingerprint density at radius 3 is 2.62 bits per heavy atom. The van der Waals surface area contributed by atoms with Crippen LogP contribution in [0.2, 0.25) is 0 Å². The van der Waals surface area contributed by atoms with Crippen molar-refractivity contribution in [3.63, 3.8) is 0 Å². The molecule has 1 aliphatic rings. The van der Waals surface area contributed by atoms with E-state index in [1.54, 1.807) is 23.1 Å². The molecule has 1 aromatic carbocycles. The lowest BCUT2D eigenvalue weighted by Crippen LogP contribution is -2.31. The molecule has 1 aliphatic heterocycles. The van der Waals surface area contributed by atoms with Gasteiger partial charge in [-0.3, -0.25) is 4.79 Å². The SMILES string of the molecule is CCN(CC)S(=O)(=O)c1ccc2c(c1)CCN2C(=O)CCCNC. The Morgan fingerprint density at radius 1 is 1.29 bits per heavy atom. The maximum Gasteiger partial charge on any atom is 0.243 e. The van der Waals surface area contributed by atoms with E-state index in [4.69, 9.17) is 0 Å². The highest BCUT2D eigenvalue weighted by Gasteiger charge is 2.28. The summed E-state index contributed by atoms with van der Waals surface area (Å²) in [4.78, 5) is 14.4. The second-order valence-electron chi connectivity index (χ2n) is 5.88. The third-order valence-corrected chi connectivity index (χ3v) is 6.45. The molecule has 0 aliphatic carbocycles. The molecule has 0 atom stereocenters. The third kappa shape index (κ3) is 3.79. The van der Waals surface area contributed by atoms with Crippen molar-refractivity contribution in [3.05, 3.63) is 23.8 Å². The molecule has 0 spiro atoms. The molecule has 0 saturated heterocycles. The molecule has 134 valence electrons. The number of hydrogen-bond acceptors (Lipinski definition) is 4. The summed E-state index contributed by atoms with van der Waals surface area (Å²) < 4.78 is 26.7. The van der Waals surface area contributed by atoms with E-state index in [0.29, 0.717) is 37.4 Å². The Morgan fingerprint density at radius 2 is 2.00 bits per heavy atom. The highest BCUT2D eigenvalue weighted by molar-refractivity contribution is 7.89. The summed E-state index contributed by atoms with van der Waals surface area (Å²) in [6, 6.07) is 5.12. The first kappa shape index (κ1) is 18.9. The average molecular weight is 353 g/mol. The van der Waals surface area contributed by atoms with Crippen molar-refractivity contribution < 1.29 is 13.2 Å². The van der Waals surface area contributed by atoms with Gasteiger partial charge in [-0.15, -0.1) is 0 Å². The highest BCUT2D eigenvalue weighted by atomic mass is 32.2. The van der Waals surface area contributed by atoms with Crippen molar-refractivity contribution in [2.45, 2.75) is 38.0 Å². The van der Waals surface area contributed by atoms with Gasteiger partial charge in [0, 0.05) is 31.7 Å². The number of anilines is 1. The number of hydrogen-bond donors (Lipinski definition) is 1. The van der Waals surface area contributed by atoms with Gasteiger partial charge < -0.3 is 10.2 Å². The molecule has 1 N–H and O–H groups in total. The zero-order valence-electron chi connectivity index (χ0n) is 14.7. The van der Waals surface area contributed by atoms with Crippen LogP contribution in [0.4, 0.5) is 5.69 Å². The molecule has 2 rings (SSSR count). The molecule has 0 aromatic heterocycles. The molecule has 1 heterocycles. The summed E-state index contributed by atoms with van der Waals surface area (Å²) in [5.41, 5.74) is 1.79. The van der Waals surface area contributed by atoms with E-state index < -0.39 is 10.0 Å². The Labute approximate surface area is 144 Å². The second kappa shape index (κ2) is 8.09. The van der Waals surface area contributed by atoms with Crippen molar-refractivity contribution in [2.24, 2.45) is 0 Å². The van der Waals surface area contributed by atoms with Crippen LogP contribution in [0.25, 0.3) is 0 Å². The Balaban J connectivity index is 2.20. The number of benzene rings is 1. The van der Waals surface area contributed by atoms with E-state index in [1.165, 1.54) is 4.31 Å². The van der Waals surface area contributed by atoms with Gasteiger partial charge in [0.05, 0.1) is 4.90 Å². The highest BCUT2D eigenvalue weighted by Crippen LogP contribution is 2.31. The minimum atomic E-state index is -3.46. The summed E-state index contributed by atoms with van der Waals surface area (Å²) in [6.07, 6.45) is 2.00. The lowest BCUT2D eigenvalue weighted by molar-refractivity contribution is -0.118. The van der Waals surface area contributed by atoms with E-state index in [0.717, 1.165) is 24.2 Å². The first-order valence-corrected chi connectivity index (χ1v) is 9.97. The number of fused-ring (bicyclic) bond motifs is 1. The van der Waals surface area contributed by atoms with Crippen molar-refractivity contribution >= 4 is 21.6 Å². The van der Waals surface area contributed by atoms with Gasteiger partial charge in [0.1, 0.15) is 0 Å². The van der Waals surface area contributed by atoms with E-state index in [1.807, 2.05) is 20.9 Å². The van der Waals surface area contributed by atoms with Gasteiger partial charge >= 0.3 is 0 Å². The number of sulfonamides is 1. The van der Waals surface area contributed by atoms with Crippen LogP contribution in [0.15, 0.2) is 23.1 Å². The molecule has 0 fully saturated rings. The summed E-state index contributed by atoms with van der Waals surface area (Å²) in [5.74, 6) is 0.100. The summed E-state index contributed by atoms with van der Waals surface area (Å²) in [6.45, 7) is 6.01. The molecule has 0 bridgehead atoms. The van der Waals surface area contributed by atoms with Gasteiger partial charge in [-0.25, -0.2) is 8.42 Å². The molecule has 24 heavy (non-hydrogen) atoms. The quantitative estimate of drug-likeness (QED) is 0.721. The number of rotatable bonds is 8. The van der Waals surface area contributed by atoms with E-state index in [-0.39, 0.29) is 5.91 Å². The maximum absolute atomic E-state index is 12.6. The Hall–Kier alpha value is -1.44. The molecule has 0 saturated carbocycles. The summed E-state index contributed by atoms with van der Waals surface area (Å²) in [7, 11) is -1.59. The van der Waals surface area contributed by atoms with E-state index in [9.17, 15) is 13.2 Å². The smallest absolute Gasteiger partial charge is 0.243 e. The number of carbonyl (C=O) groups excluding carboxylic acids is 1. The minimum absolute atomic E-state index is 0.100. The number of amides is 1. The Bertz CT molecular complexity index is 684. The van der Waals surface area contributed by atoms with Crippen molar-refractivity contribution in [1.29, 1.82) is 0 Å². The molecule has 1 amide bonds. The standard InChI is InChI=1S/C17H27N3O3S/c1-4-19(5-2)24(22,23)15-8-9-16-14(13-15)10-12-20(16)17(21)7-6-11-18-3/h8-9,13,18H,4-7,10-12H2,1-3H3. The third-order valence-electron chi connectivity index (χ3n) is 4.41. The molecule has 7 heteroatoms. The van der Waals surface area contributed by atoms with Crippen LogP contribution in [0, 0.1) is 0 Å². The van der Waals surface area contributed by atoms with Gasteiger partial charge in [-0.2, -0.15) is 4.31 Å². The van der Waals surface area contributed by atoms with Gasteiger partial charge in [-0.1, -0.05) is 13.8 Å². The van der Waals surface area contributed by atoms with Gasteiger partial charge in [0.25, 0.3) is 0 Å². The maximum atomic E-state index is 12.6. The molecular formula is C17H27N3O3S. The summed E-state index contributed by atoms with van der Waals surface area (Å²) in [5, 5.41) is 3.04. The molecule has 0 unspecified atom stereocenters. The lowest BCUT2D eigenvalue weighted by atomic mass is 10.2. The van der Waals surface area contributed by atoms with E-state index in [2.05, 4.69) is 5.32 Å². The van der Waals surface area contributed by atoms with Crippen LogP contribution in [-0.4, -0.2) is 51.9 Å². The predicted molar refractivity (Wildman–Crippen MR) is 95.8 cm³/mol. The average Bonchev–Trinajstić information content (AvgIpc) is 2.99. The summed E-state index contributed by atoms with van der Waals surface area (Å²) >= 11 is 0. The van der Waals surface area contributed by atoms with Crippen LogP contribution in [0.3, 0.4) is 0 Å². The largest absolute Gasteiger partial charge is 0.320 e. The number of carbonyl (C=O) groups is 1. The molecular weight excluding hydrogens is 326 g/mol. The van der Waals surface area contributed by atoms with Gasteiger partial charge in [0.2, 0.25) is 15.9 Å². The topological polar surface area (TPSA) is 69.7 Å². The number of nitrogens with one attached hydrogen (secondary N) is 1. The monoisotopic (exact) mass is 353 g/mol. The minimum Gasteiger partial charge on any atom is -0.320 e. The lowest BCUT2D eigenvalue weighted by Gasteiger charge is -2.20. The van der Waals surface area contributed by atoms with Crippen molar-refractivity contribution in [3.8, 4) is 0 Å². The first-order valence-electron chi connectivity index (χ1n) is 8.53. The fourth-order valence-corrected chi connectivity index (χ4v) is 4.57. The zero-order valence-corrected chi connectivity index (χ0v) is 15.5. The van der Waals surface area contributed by atoms with Gasteiger partial charge in [-0.05, 0) is 50.2 Å². The fraction of sp³-hybridized carbons (Fsp3) is 0.588. The predicted octanol–water partition coefficient (Wildman–Crippen LogP) is 1.61. The molecule has 1 aromatic rings. The zero-order chi connectivity index (χ0) is 17.7. The van der Waals surface area contributed by atoms with Crippen molar-refractivity contribution in [1.82, 2.24) is 9.62 Å².